The zero-order valence-electron chi connectivity index (χ0n) is 7.87. The van der Waals surface area contributed by atoms with E-state index in [0.717, 1.165) is 17.9 Å². The number of aromatic nitrogens is 2. The number of hydrogen-bond donors (Lipinski definition) is 1. The number of carbonyl (C=O) groups is 1. The van der Waals surface area contributed by atoms with Gasteiger partial charge in [-0.2, -0.15) is 5.10 Å². The van der Waals surface area contributed by atoms with Crippen LogP contribution in [0.25, 0.3) is 0 Å². The van der Waals surface area contributed by atoms with Crippen LogP contribution in [0.2, 0.25) is 0 Å². The van der Waals surface area contributed by atoms with Gasteiger partial charge in [-0.3, -0.25) is 9.48 Å². The molecule has 0 bridgehead atoms. The Bertz CT molecular complexity index is 323. The highest BCUT2D eigenvalue weighted by atomic mass is 16.1. The molecule has 0 saturated carbocycles. The SMILES string of the molecule is Cc1cc(C2CNC(=O)C2)nn1C. The van der Waals surface area contributed by atoms with Gasteiger partial charge in [0.1, 0.15) is 0 Å². The maximum absolute atomic E-state index is 11.0. The summed E-state index contributed by atoms with van der Waals surface area (Å²) in [7, 11) is 1.92. The third kappa shape index (κ3) is 1.43. The van der Waals surface area contributed by atoms with Gasteiger partial charge in [-0.1, -0.05) is 0 Å². The van der Waals surface area contributed by atoms with Crippen molar-refractivity contribution in [1.29, 1.82) is 0 Å². The van der Waals surface area contributed by atoms with E-state index in [9.17, 15) is 4.79 Å². The molecule has 1 N–H and O–H groups in total. The molecular weight excluding hydrogens is 166 g/mol. The number of nitrogens with zero attached hydrogens (tertiary/aromatic N) is 2. The van der Waals surface area contributed by atoms with Gasteiger partial charge in [0.25, 0.3) is 0 Å². The highest BCUT2D eigenvalue weighted by Crippen LogP contribution is 2.21. The van der Waals surface area contributed by atoms with Crippen molar-refractivity contribution in [2.24, 2.45) is 7.05 Å². The monoisotopic (exact) mass is 179 g/mol. The smallest absolute Gasteiger partial charge is 0.220 e. The summed E-state index contributed by atoms with van der Waals surface area (Å²) in [6.07, 6.45) is 0.580. The van der Waals surface area contributed by atoms with Gasteiger partial charge in [0.2, 0.25) is 5.91 Å². The minimum atomic E-state index is 0.133. The molecular formula is C9H13N3O. The number of carbonyl (C=O) groups excluding carboxylic acids is 1. The molecule has 1 saturated heterocycles. The quantitative estimate of drug-likeness (QED) is 0.675. The molecule has 0 aromatic carbocycles. The number of hydrogen-bond acceptors (Lipinski definition) is 2. The molecule has 1 aromatic rings. The molecule has 2 rings (SSSR count). The lowest BCUT2D eigenvalue weighted by Gasteiger charge is -2.00. The molecule has 13 heavy (non-hydrogen) atoms. The molecule has 4 nitrogen and oxygen atoms in total. The summed E-state index contributed by atoms with van der Waals surface area (Å²) >= 11 is 0. The van der Waals surface area contributed by atoms with Crippen molar-refractivity contribution < 1.29 is 4.79 Å². The van der Waals surface area contributed by atoms with Gasteiger partial charge in [-0.05, 0) is 13.0 Å². The Kier molecular flexibility index (Phi) is 1.83. The summed E-state index contributed by atoms with van der Waals surface area (Å²) in [4.78, 5) is 11.0. The lowest BCUT2D eigenvalue weighted by Crippen LogP contribution is -2.13. The summed E-state index contributed by atoms with van der Waals surface area (Å²) in [5, 5.41) is 7.16. The van der Waals surface area contributed by atoms with Crippen LogP contribution in [0.5, 0.6) is 0 Å². The Balaban J connectivity index is 2.21. The molecule has 1 aliphatic rings. The zero-order chi connectivity index (χ0) is 9.42. The van der Waals surface area contributed by atoms with Crippen LogP contribution in [0.4, 0.5) is 0 Å². The first kappa shape index (κ1) is 8.29. The van der Waals surface area contributed by atoms with E-state index >= 15 is 0 Å². The van der Waals surface area contributed by atoms with E-state index in [4.69, 9.17) is 0 Å². The molecule has 1 atom stereocenters. The second-order valence-electron chi connectivity index (χ2n) is 3.54. The predicted octanol–water partition coefficient (Wildman–Crippen LogP) is 0.332. The van der Waals surface area contributed by atoms with Gasteiger partial charge >= 0.3 is 0 Å². The van der Waals surface area contributed by atoms with E-state index < -0.39 is 0 Å². The number of rotatable bonds is 1. The van der Waals surface area contributed by atoms with Crippen molar-refractivity contribution in [3.05, 3.63) is 17.5 Å². The fraction of sp³-hybridized carbons (Fsp3) is 0.556. The highest BCUT2D eigenvalue weighted by molar-refractivity contribution is 5.79. The standard InChI is InChI=1S/C9H13N3O/c1-6-3-8(11-12(6)2)7-4-9(13)10-5-7/h3,7H,4-5H2,1-2H3,(H,10,13). The molecule has 1 fully saturated rings. The molecule has 0 spiro atoms. The van der Waals surface area contributed by atoms with Gasteiger partial charge in [-0.25, -0.2) is 0 Å². The Labute approximate surface area is 76.9 Å². The zero-order valence-corrected chi connectivity index (χ0v) is 7.87. The Morgan fingerprint density at radius 3 is 2.92 bits per heavy atom. The molecule has 4 heteroatoms. The largest absolute Gasteiger partial charge is 0.355 e. The molecule has 0 aliphatic carbocycles. The molecule has 1 amide bonds. The number of nitrogens with one attached hydrogen (secondary N) is 1. The first-order valence-electron chi connectivity index (χ1n) is 4.44. The second kappa shape index (κ2) is 2.87. The van der Waals surface area contributed by atoms with Crippen LogP contribution in [-0.2, 0) is 11.8 Å². The Morgan fingerprint density at radius 1 is 1.69 bits per heavy atom. The Morgan fingerprint density at radius 2 is 2.46 bits per heavy atom. The summed E-state index contributed by atoms with van der Waals surface area (Å²) in [5.74, 6) is 0.403. The average molecular weight is 179 g/mol. The van der Waals surface area contributed by atoms with Crippen LogP contribution in [0.15, 0.2) is 6.07 Å². The molecule has 70 valence electrons. The normalized spacial score (nSPS) is 22.0. The average Bonchev–Trinajstić information content (AvgIpc) is 2.61. The van der Waals surface area contributed by atoms with Crippen molar-refractivity contribution in [3.63, 3.8) is 0 Å². The van der Waals surface area contributed by atoms with Crippen molar-refractivity contribution >= 4 is 5.91 Å². The van der Waals surface area contributed by atoms with Crippen molar-refractivity contribution in [2.45, 2.75) is 19.3 Å². The third-order valence-corrected chi connectivity index (χ3v) is 2.53. The van der Waals surface area contributed by atoms with Gasteiger partial charge in [0.15, 0.2) is 0 Å². The molecule has 1 aliphatic heterocycles. The van der Waals surface area contributed by atoms with Crippen LogP contribution >= 0.6 is 0 Å². The highest BCUT2D eigenvalue weighted by Gasteiger charge is 2.25. The number of amides is 1. The van der Waals surface area contributed by atoms with E-state index in [0.29, 0.717) is 6.42 Å². The minimum Gasteiger partial charge on any atom is -0.355 e. The van der Waals surface area contributed by atoms with Crippen molar-refractivity contribution in [1.82, 2.24) is 15.1 Å². The predicted molar refractivity (Wildman–Crippen MR) is 48.3 cm³/mol. The van der Waals surface area contributed by atoms with E-state index in [2.05, 4.69) is 10.4 Å². The maximum atomic E-state index is 11.0. The van der Waals surface area contributed by atoms with Crippen LogP contribution in [-0.4, -0.2) is 22.2 Å². The van der Waals surface area contributed by atoms with E-state index in [1.54, 1.807) is 0 Å². The fourth-order valence-corrected chi connectivity index (χ4v) is 1.60. The van der Waals surface area contributed by atoms with Crippen molar-refractivity contribution in [2.75, 3.05) is 6.54 Å². The lowest BCUT2D eigenvalue weighted by molar-refractivity contribution is -0.119. The molecule has 1 unspecified atom stereocenters. The third-order valence-electron chi connectivity index (χ3n) is 2.53. The summed E-state index contributed by atoms with van der Waals surface area (Å²) in [6.45, 7) is 2.75. The van der Waals surface area contributed by atoms with E-state index in [-0.39, 0.29) is 11.8 Å². The minimum absolute atomic E-state index is 0.133. The lowest BCUT2D eigenvalue weighted by atomic mass is 10.1. The fourth-order valence-electron chi connectivity index (χ4n) is 1.60. The molecule has 1 aromatic heterocycles. The van der Waals surface area contributed by atoms with Crippen LogP contribution in [0.1, 0.15) is 23.7 Å². The topological polar surface area (TPSA) is 46.9 Å². The first-order chi connectivity index (χ1) is 6.16. The number of aryl methyl sites for hydroxylation is 2. The maximum Gasteiger partial charge on any atom is 0.220 e. The van der Waals surface area contributed by atoms with Gasteiger partial charge in [0, 0.05) is 31.6 Å². The van der Waals surface area contributed by atoms with Crippen molar-refractivity contribution in [3.8, 4) is 0 Å². The molecule has 0 radical (unpaired) electrons. The summed E-state index contributed by atoms with van der Waals surface area (Å²) in [5.41, 5.74) is 2.16. The van der Waals surface area contributed by atoms with Crippen LogP contribution in [0, 0.1) is 6.92 Å². The van der Waals surface area contributed by atoms with Gasteiger partial charge in [0.05, 0.1) is 5.69 Å². The van der Waals surface area contributed by atoms with Gasteiger partial charge < -0.3 is 5.32 Å². The van der Waals surface area contributed by atoms with Crippen LogP contribution < -0.4 is 5.32 Å². The van der Waals surface area contributed by atoms with E-state index in [1.165, 1.54) is 0 Å². The van der Waals surface area contributed by atoms with Gasteiger partial charge in [-0.15, -0.1) is 0 Å². The first-order valence-corrected chi connectivity index (χ1v) is 4.44. The van der Waals surface area contributed by atoms with E-state index in [1.807, 2.05) is 24.7 Å². The Hall–Kier alpha value is -1.32. The molecule has 2 heterocycles. The summed E-state index contributed by atoms with van der Waals surface area (Å²) < 4.78 is 1.85. The summed E-state index contributed by atoms with van der Waals surface area (Å²) in [6, 6.07) is 2.05. The second-order valence-corrected chi connectivity index (χ2v) is 3.54. The van der Waals surface area contributed by atoms with Crippen LogP contribution in [0.3, 0.4) is 0 Å².